The van der Waals surface area contributed by atoms with E-state index in [1.54, 1.807) is 0 Å². The summed E-state index contributed by atoms with van der Waals surface area (Å²) in [6, 6.07) is 0.678. The summed E-state index contributed by atoms with van der Waals surface area (Å²) in [5.41, 5.74) is 0. The predicted molar refractivity (Wildman–Crippen MR) is 75.9 cm³/mol. The minimum Gasteiger partial charge on any atom is -0.314 e. The number of rotatable bonds is 5. The molecule has 1 aliphatic carbocycles. The molecule has 1 heterocycles. The van der Waals surface area contributed by atoms with Gasteiger partial charge in [0.15, 0.2) is 5.16 Å². The number of nitrogens with one attached hydrogen (secondary N) is 1. The molecule has 0 saturated heterocycles. The van der Waals surface area contributed by atoms with Gasteiger partial charge in [0.05, 0.1) is 0 Å². The number of aryl methyl sites for hydroxylation is 1. The zero-order valence-corrected chi connectivity index (χ0v) is 12.6. The first-order valence-corrected chi connectivity index (χ1v) is 7.77. The molecule has 1 aromatic heterocycles. The van der Waals surface area contributed by atoms with E-state index in [0.717, 1.165) is 17.5 Å². The molecule has 0 radical (unpaired) electrons. The van der Waals surface area contributed by atoms with Crippen LogP contribution in [0.5, 0.6) is 0 Å². The lowest BCUT2D eigenvalue weighted by molar-refractivity contribution is 0.431. The molecule has 1 aliphatic rings. The summed E-state index contributed by atoms with van der Waals surface area (Å²) in [4.78, 5) is 0. The van der Waals surface area contributed by atoms with Crippen molar-refractivity contribution in [3.63, 3.8) is 0 Å². The smallest absolute Gasteiger partial charge is 0.191 e. The van der Waals surface area contributed by atoms with Crippen LogP contribution in [0.25, 0.3) is 0 Å². The van der Waals surface area contributed by atoms with Crippen molar-refractivity contribution in [2.75, 3.05) is 6.54 Å². The van der Waals surface area contributed by atoms with E-state index in [1.165, 1.54) is 19.3 Å². The number of thioether (sulfide) groups is 1. The van der Waals surface area contributed by atoms with Crippen molar-refractivity contribution in [1.29, 1.82) is 0 Å². The van der Waals surface area contributed by atoms with Gasteiger partial charge in [0.25, 0.3) is 0 Å². The average Bonchev–Trinajstić information content (AvgIpc) is 2.86. The maximum absolute atomic E-state index is 4.26. The lowest BCUT2D eigenvalue weighted by Crippen LogP contribution is -2.33. The third-order valence-corrected chi connectivity index (χ3v) is 5.48. The molecule has 0 aliphatic heterocycles. The molecule has 102 valence electrons. The van der Waals surface area contributed by atoms with Gasteiger partial charge in [0.1, 0.15) is 5.82 Å². The van der Waals surface area contributed by atoms with Crippen LogP contribution in [0.3, 0.4) is 0 Å². The number of aromatic nitrogens is 3. The minimum absolute atomic E-state index is 0.668. The molecule has 1 N–H and O–H groups in total. The predicted octanol–water partition coefficient (Wildman–Crippen LogP) is 2.38. The van der Waals surface area contributed by atoms with E-state index in [0.29, 0.717) is 17.2 Å². The Morgan fingerprint density at radius 2 is 2.17 bits per heavy atom. The third kappa shape index (κ3) is 2.88. The molecule has 0 bridgehead atoms. The Hall–Kier alpha value is -0.550. The molecule has 1 saturated carbocycles. The molecule has 3 atom stereocenters. The van der Waals surface area contributed by atoms with Crippen molar-refractivity contribution >= 4 is 11.8 Å². The Kier molecular flexibility index (Phi) is 4.67. The molecule has 4 nitrogen and oxygen atoms in total. The number of nitrogens with zero attached hydrogens (tertiary/aromatic N) is 3. The molecule has 0 amide bonds. The Labute approximate surface area is 114 Å². The second-order valence-corrected chi connectivity index (χ2v) is 6.45. The van der Waals surface area contributed by atoms with Gasteiger partial charge in [0.2, 0.25) is 0 Å². The largest absolute Gasteiger partial charge is 0.314 e. The van der Waals surface area contributed by atoms with E-state index in [4.69, 9.17) is 0 Å². The van der Waals surface area contributed by atoms with Gasteiger partial charge in [-0.05, 0) is 38.6 Å². The second-order valence-electron chi connectivity index (χ2n) is 5.24. The zero-order valence-electron chi connectivity index (χ0n) is 11.8. The standard InChI is InChI=1S/C13H24N4S/c1-5-8-14-11-6-7-12(9(11)2)18-13-16-15-10(3)17(13)4/h9,11-12,14H,5-8H2,1-4H3. The van der Waals surface area contributed by atoms with E-state index in [1.807, 2.05) is 25.7 Å². The quantitative estimate of drug-likeness (QED) is 0.890. The molecule has 1 fully saturated rings. The Balaban J connectivity index is 1.93. The summed E-state index contributed by atoms with van der Waals surface area (Å²) in [5.74, 6) is 1.70. The summed E-state index contributed by atoms with van der Waals surface area (Å²) in [7, 11) is 2.05. The highest BCUT2D eigenvalue weighted by Gasteiger charge is 2.33. The van der Waals surface area contributed by atoms with Gasteiger partial charge in [-0.1, -0.05) is 25.6 Å². The first-order valence-electron chi connectivity index (χ1n) is 6.89. The average molecular weight is 268 g/mol. The molecule has 0 spiro atoms. The van der Waals surface area contributed by atoms with Gasteiger partial charge in [0, 0.05) is 18.3 Å². The highest BCUT2D eigenvalue weighted by atomic mass is 32.2. The second kappa shape index (κ2) is 6.06. The fraction of sp³-hybridized carbons (Fsp3) is 0.846. The summed E-state index contributed by atoms with van der Waals surface area (Å²) >= 11 is 1.89. The van der Waals surface area contributed by atoms with Crippen LogP contribution in [0.1, 0.15) is 38.9 Å². The number of hydrogen-bond acceptors (Lipinski definition) is 4. The highest BCUT2D eigenvalue weighted by molar-refractivity contribution is 7.99. The van der Waals surface area contributed by atoms with Crippen molar-refractivity contribution in [3.8, 4) is 0 Å². The molecule has 2 rings (SSSR count). The van der Waals surface area contributed by atoms with Gasteiger partial charge < -0.3 is 9.88 Å². The van der Waals surface area contributed by atoms with E-state index in [-0.39, 0.29) is 0 Å². The van der Waals surface area contributed by atoms with Gasteiger partial charge in [-0.15, -0.1) is 10.2 Å². The van der Waals surface area contributed by atoms with Crippen LogP contribution < -0.4 is 5.32 Å². The van der Waals surface area contributed by atoms with Gasteiger partial charge in [-0.25, -0.2) is 0 Å². The van der Waals surface area contributed by atoms with Crippen LogP contribution in [-0.4, -0.2) is 32.6 Å². The fourth-order valence-electron chi connectivity index (χ4n) is 2.54. The monoisotopic (exact) mass is 268 g/mol. The SMILES string of the molecule is CCCNC1CCC(Sc2nnc(C)n2C)C1C. The third-order valence-electron chi connectivity index (χ3n) is 3.95. The molecule has 1 aromatic rings. The van der Waals surface area contributed by atoms with Crippen LogP contribution in [0.15, 0.2) is 5.16 Å². The Morgan fingerprint density at radius 1 is 1.39 bits per heavy atom. The maximum atomic E-state index is 4.26. The van der Waals surface area contributed by atoms with Gasteiger partial charge in [-0.2, -0.15) is 0 Å². The highest BCUT2D eigenvalue weighted by Crippen LogP contribution is 2.38. The number of hydrogen-bond donors (Lipinski definition) is 1. The molecule has 3 unspecified atom stereocenters. The maximum Gasteiger partial charge on any atom is 0.191 e. The first-order chi connectivity index (χ1) is 8.63. The molecule has 18 heavy (non-hydrogen) atoms. The topological polar surface area (TPSA) is 42.7 Å². The van der Waals surface area contributed by atoms with Crippen molar-refractivity contribution < 1.29 is 0 Å². The molecule has 0 aromatic carbocycles. The summed E-state index contributed by atoms with van der Waals surface area (Å²) < 4.78 is 2.09. The summed E-state index contributed by atoms with van der Waals surface area (Å²) in [6.07, 6.45) is 3.78. The summed E-state index contributed by atoms with van der Waals surface area (Å²) in [6.45, 7) is 7.72. The van der Waals surface area contributed by atoms with E-state index >= 15 is 0 Å². The van der Waals surface area contributed by atoms with Crippen LogP contribution in [0, 0.1) is 12.8 Å². The van der Waals surface area contributed by atoms with Crippen molar-refractivity contribution in [2.45, 2.75) is 56.5 Å². The normalized spacial score (nSPS) is 27.9. The summed E-state index contributed by atoms with van der Waals surface area (Å²) in [5, 5.41) is 13.8. The van der Waals surface area contributed by atoms with Crippen molar-refractivity contribution in [1.82, 2.24) is 20.1 Å². The van der Waals surface area contributed by atoms with E-state index in [2.05, 4.69) is 33.9 Å². The van der Waals surface area contributed by atoms with Gasteiger partial charge >= 0.3 is 0 Å². The van der Waals surface area contributed by atoms with Crippen LogP contribution in [-0.2, 0) is 7.05 Å². The zero-order chi connectivity index (χ0) is 13.1. The lowest BCUT2D eigenvalue weighted by atomic mass is 10.1. The van der Waals surface area contributed by atoms with E-state index in [9.17, 15) is 0 Å². The molecular formula is C13H24N4S. The fourth-order valence-corrected chi connectivity index (χ4v) is 3.85. The van der Waals surface area contributed by atoms with Crippen LogP contribution in [0.2, 0.25) is 0 Å². The minimum atomic E-state index is 0.668. The van der Waals surface area contributed by atoms with Crippen LogP contribution >= 0.6 is 11.8 Å². The lowest BCUT2D eigenvalue weighted by Gasteiger charge is -2.21. The van der Waals surface area contributed by atoms with Crippen molar-refractivity contribution in [3.05, 3.63) is 5.82 Å². The van der Waals surface area contributed by atoms with Crippen molar-refractivity contribution in [2.24, 2.45) is 13.0 Å². The van der Waals surface area contributed by atoms with Crippen LogP contribution in [0.4, 0.5) is 0 Å². The molecule has 5 heteroatoms. The van der Waals surface area contributed by atoms with E-state index < -0.39 is 0 Å². The Morgan fingerprint density at radius 3 is 2.78 bits per heavy atom. The molecular weight excluding hydrogens is 244 g/mol. The Bertz CT molecular complexity index is 390. The first kappa shape index (κ1) is 13.9. The van der Waals surface area contributed by atoms with Gasteiger partial charge in [-0.3, -0.25) is 0 Å².